The van der Waals surface area contributed by atoms with Gasteiger partial charge in [-0.3, -0.25) is 20.4 Å². The van der Waals surface area contributed by atoms with Crippen LogP contribution < -0.4 is 15.6 Å². The lowest BCUT2D eigenvalue weighted by atomic mass is 10.1. The van der Waals surface area contributed by atoms with Gasteiger partial charge in [-0.15, -0.1) is 0 Å². The minimum atomic E-state index is -0.741. The Bertz CT molecular complexity index is 1020. The number of rotatable bonds is 5. The molecule has 0 aliphatic heterocycles. The average Bonchev–Trinajstić information content (AvgIpc) is 2.98. The number of hydrazine groups is 1. The number of aromatic nitrogens is 1. The van der Waals surface area contributed by atoms with E-state index < -0.39 is 12.0 Å². The molecule has 2 amide bonds. The number of aryl methyl sites for hydroxylation is 2. The normalized spacial score (nSPS) is 11.9. The number of carbonyl (C=O) groups excluding carboxylic acids is 2. The zero-order valence-electron chi connectivity index (χ0n) is 16.6. The number of fused-ring (bicyclic) bond motifs is 1. The molecule has 3 aromatic rings. The largest absolute Gasteiger partial charge is 0.481 e. The van der Waals surface area contributed by atoms with E-state index in [1.807, 2.05) is 73.9 Å². The van der Waals surface area contributed by atoms with Gasteiger partial charge >= 0.3 is 0 Å². The lowest BCUT2D eigenvalue weighted by Gasteiger charge is -2.17. The molecule has 6 nitrogen and oxygen atoms in total. The molecule has 2 N–H and O–H groups in total. The molecule has 0 aliphatic carbocycles. The van der Waals surface area contributed by atoms with Gasteiger partial charge in [-0.25, -0.2) is 0 Å². The first kappa shape index (κ1) is 19.5. The Labute approximate surface area is 164 Å². The van der Waals surface area contributed by atoms with Crippen LogP contribution in [-0.2, 0) is 16.1 Å². The molecule has 0 aliphatic rings. The van der Waals surface area contributed by atoms with Crippen LogP contribution in [0.4, 0.5) is 0 Å². The molecule has 0 saturated heterocycles. The summed E-state index contributed by atoms with van der Waals surface area (Å²) in [4.78, 5) is 24.6. The lowest BCUT2D eigenvalue weighted by Crippen LogP contribution is -2.48. The number of hydrogen-bond donors (Lipinski definition) is 2. The van der Waals surface area contributed by atoms with Gasteiger partial charge in [0.15, 0.2) is 6.10 Å². The summed E-state index contributed by atoms with van der Waals surface area (Å²) in [6, 6.07) is 15.6. The van der Waals surface area contributed by atoms with Gasteiger partial charge in [-0.2, -0.15) is 0 Å². The molecule has 0 unspecified atom stereocenters. The number of amides is 2. The summed E-state index contributed by atoms with van der Waals surface area (Å²) >= 11 is 0. The van der Waals surface area contributed by atoms with Gasteiger partial charge in [0.05, 0.1) is 0 Å². The molecule has 28 heavy (non-hydrogen) atoms. The van der Waals surface area contributed by atoms with Crippen LogP contribution in [0.2, 0.25) is 0 Å². The SMILES string of the molecule is Cc1cccc(O[C@H](C)C(=O)NNC(=O)Cn2c(C)cc3ccccc32)c1C. The Morgan fingerprint density at radius 2 is 1.79 bits per heavy atom. The Balaban J connectivity index is 1.57. The van der Waals surface area contributed by atoms with Gasteiger partial charge in [0.2, 0.25) is 0 Å². The highest BCUT2D eigenvalue weighted by molar-refractivity contribution is 5.86. The van der Waals surface area contributed by atoms with Crippen LogP contribution in [0, 0.1) is 20.8 Å². The van der Waals surface area contributed by atoms with Crippen LogP contribution in [-0.4, -0.2) is 22.5 Å². The molecule has 0 radical (unpaired) electrons. The number of hydrogen-bond acceptors (Lipinski definition) is 3. The fourth-order valence-corrected chi connectivity index (χ4v) is 3.07. The van der Waals surface area contributed by atoms with Crippen molar-refractivity contribution in [2.24, 2.45) is 0 Å². The maximum absolute atomic E-state index is 12.3. The van der Waals surface area contributed by atoms with E-state index in [1.54, 1.807) is 6.92 Å². The molecule has 0 fully saturated rings. The second-order valence-corrected chi connectivity index (χ2v) is 6.93. The second-order valence-electron chi connectivity index (χ2n) is 6.93. The molecule has 0 saturated carbocycles. The average molecular weight is 379 g/mol. The fourth-order valence-electron chi connectivity index (χ4n) is 3.07. The zero-order valence-corrected chi connectivity index (χ0v) is 16.6. The van der Waals surface area contributed by atoms with E-state index in [9.17, 15) is 9.59 Å². The number of benzene rings is 2. The number of ether oxygens (including phenoxy) is 1. The van der Waals surface area contributed by atoms with E-state index >= 15 is 0 Å². The molecular weight excluding hydrogens is 354 g/mol. The predicted molar refractivity (Wildman–Crippen MR) is 109 cm³/mol. The molecule has 0 bridgehead atoms. The third-order valence-corrected chi connectivity index (χ3v) is 4.87. The minimum absolute atomic E-state index is 0.117. The third-order valence-electron chi connectivity index (χ3n) is 4.87. The van der Waals surface area contributed by atoms with E-state index in [1.165, 1.54) is 0 Å². The standard InChI is InChI=1S/C22H25N3O3/c1-14-8-7-11-20(16(14)3)28-17(4)22(27)24-23-21(26)13-25-15(2)12-18-9-5-6-10-19(18)25/h5-12,17H,13H2,1-4H3,(H,23,26)(H,24,27)/t17-/m1/s1. The summed E-state index contributed by atoms with van der Waals surface area (Å²) in [7, 11) is 0. The number of para-hydroxylation sites is 1. The first-order valence-electron chi connectivity index (χ1n) is 9.23. The number of carbonyl (C=O) groups is 2. The Kier molecular flexibility index (Phi) is 5.68. The number of nitrogens with zero attached hydrogens (tertiary/aromatic N) is 1. The lowest BCUT2D eigenvalue weighted by molar-refractivity contribution is -0.132. The van der Waals surface area contributed by atoms with E-state index in [0.717, 1.165) is 27.7 Å². The van der Waals surface area contributed by atoms with Crippen LogP contribution >= 0.6 is 0 Å². The topological polar surface area (TPSA) is 72.4 Å². The second kappa shape index (κ2) is 8.17. The van der Waals surface area contributed by atoms with Crippen molar-refractivity contribution in [1.82, 2.24) is 15.4 Å². The Hall–Kier alpha value is -3.28. The van der Waals surface area contributed by atoms with E-state index in [0.29, 0.717) is 5.75 Å². The monoisotopic (exact) mass is 379 g/mol. The Morgan fingerprint density at radius 3 is 2.57 bits per heavy atom. The van der Waals surface area contributed by atoms with Crippen molar-refractivity contribution >= 4 is 22.7 Å². The molecule has 1 heterocycles. The predicted octanol–water partition coefficient (Wildman–Crippen LogP) is 3.18. The van der Waals surface area contributed by atoms with E-state index in [2.05, 4.69) is 10.9 Å². The van der Waals surface area contributed by atoms with Crippen LogP contribution in [0.25, 0.3) is 10.9 Å². The summed E-state index contributed by atoms with van der Waals surface area (Å²) in [6.07, 6.45) is -0.741. The first-order valence-corrected chi connectivity index (χ1v) is 9.23. The summed E-state index contributed by atoms with van der Waals surface area (Å²) in [5.74, 6) is -0.0662. The zero-order chi connectivity index (χ0) is 20.3. The van der Waals surface area contributed by atoms with Gasteiger partial charge in [0.1, 0.15) is 12.3 Å². The minimum Gasteiger partial charge on any atom is -0.481 e. The highest BCUT2D eigenvalue weighted by Crippen LogP contribution is 2.22. The maximum Gasteiger partial charge on any atom is 0.279 e. The highest BCUT2D eigenvalue weighted by Gasteiger charge is 2.17. The Morgan fingerprint density at radius 1 is 1.04 bits per heavy atom. The van der Waals surface area contributed by atoms with Gasteiger partial charge in [0.25, 0.3) is 11.8 Å². The molecule has 3 rings (SSSR count). The maximum atomic E-state index is 12.3. The van der Waals surface area contributed by atoms with E-state index in [4.69, 9.17) is 4.74 Å². The van der Waals surface area contributed by atoms with Crippen molar-refractivity contribution in [3.05, 3.63) is 65.4 Å². The highest BCUT2D eigenvalue weighted by atomic mass is 16.5. The summed E-state index contributed by atoms with van der Waals surface area (Å²) in [5.41, 5.74) is 8.94. The number of nitrogens with one attached hydrogen (secondary N) is 2. The van der Waals surface area contributed by atoms with Crippen LogP contribution in [0.5, 0.6) is 5.75 Å². The van der Waals surface area contributed by atoms with Crippen LogP contribution in [0.3, 0.4) is 0 Å². The van der Waals surface area contributed by atoms with Crippen molar-refractivity contribution < 1.29 is 14.3 Å². The summed E-state index contributed by atoms with van der Waals surface area (Å²) < 4.78 is 7.64. The quantitative estimate of drug-likeness (QED) is 0.669. The van der Waals surface area contributed by atoms with Crippen molar-refractivity contribution in [3.63, 3.8) is 0 Å². The molecule has 1 aromatic heterocycles. The molecule has 1 atom stereocenters. The van der Waals surface area contributed by atoms with Crippen molar-refractivity contribution in [3.8, 4) is 5.75 Å². The smallest absolute Gasteiger partial charge is 0.279 e. The molecule has 2 aromatic carbocycles. The van der Waals surface area contributed by atoms with Crippen molar-refractivity contribution in [1.29, 1.82) is 0 Å². The summed E-state index contributed by atoms with van der Waals surface area (Å²) in [6.45, 7) is 7.64. The third kappa shape index (κ3) is 4.17. The van der Waals surface area contributed by atoms with Crippen molar-refractivity contribution in [2.45, 2.75) is 40.3 Å². The van der Waals surface area contributed by atoms with Crippen LogP contribution in [0.15, 0.2) is 48.5 Å². The summed E-state index contributed by atoms with van der Waals surface area (Å²) in [5, 5.41) is 1.08. The first-order chi connectivity index (χ1) is 13.4. The molecule has 6 heteroatoms. The molecule has 146 valence electrons. The van der Waals surface area contributed by atoms with Gasteiger partial charge in [0, 0.05) is 11.2 Å². The van der Waals surface area contributed by atoms with Gasteiger partial charge in [-0.05, 0) is 62.4 Å². The van der Waals surface area contributed by atoms with Gasteiger partial charge in [-0.1, -0.05) is 30.3 Å². The van der Waals surface area contributed by atoms with Gasteiger partial charge < -0.3 is 9.30 Å². The molecule has 0 spiro atoms. The van der Waals surface area contributed by atoms with Crippen molar-refractivity contribution in [2.75, 3.05) is 0 Å². The molecular formula is C22H25N3O3. The fraction of sp³-hybridized carbons (Fsp3) is 0.273. The van der Waals surface area contributed by atoms with E-state index in [-0.39, 0.29) is 12.5 Å². The van der Waals surface area contributed by atoms with Crippen LogP contribution in [0.1, 0.15) is 23.7 Å².